The van der Waals surface area contributed by atoms with Gasteiger partial charge in [0.2, 0.25) is 5.91 Å². The first-order chi connectivity index (χ1) is 9.22. The highest BCUT2D eigenvalue weighted by Gasteiger charge is 2.10. The van der Waals surface area contributed by atoms with Crippen LogP contribution in [-0.4, -0.2) is 21.2 Å². The summed E-state index contributed by atoms with van der Waals surface area (Å²) < 4.78 is 2.19. The number of aromatic nitrogens is 2. The number of fused-ring (bicyclic) bond motifs is 1. The zero-order valence-corrected chi connectivity index (χ0v) is 11.9. The number of benzene rings is 1. The Morgan fingerprint density at radius 3 is 2.95 bits per heavy atom. The summed E-state index contributed by atoms with van der Waals surface area (Å²) in [6, 6.07) is 8.11. The van der Waals surface area contributed by atoms with Gasteiger partial charge in [0.1, 0.15) is 0 Å². The van der Waals surface area contributed by atoms with Crippen LogP contribution in [0.25, 0.3) is 11.0 Å². The van der Waals surface area contributed by atoms with E-state index in [0.29, 0.717) is 6.42 Å². The zero-order chi connectivity index (χ0) is 13.7. The molecule has 0 atom stereocenters. The molecule has 0 spiro atoms. The molecule has 2 N–H and O–H groups in total. The lowest BCUT2D eigenvalue weighted by Gasteiger charge is -2.07. The average Bonchev–Trinajstić information content (AvgIpc) is 2.74. The predicted octanol–water partition coefficient (Wildman–Crippen LogP) is 2.80. The number of aryl methyl sites for hydroxylation is 1. The van der Waals surface area contributed by atoms with E-state index < -0.39 is 0 Å². The number of rotatable bonds is 7. The van der Waals surface area contributed by atoms with E-state index in [1.165, 1.54) is 0 Å². The Balaban J connectivity index is 2.23. The first-order valence-electron chi connectivity index (χ1n) is 6.58. The molecule has 19 heavy (non-hydrogen) atoms. The molecular weight excluding hydrogens is 258 g/mol. The number of nitrogens with two attached hydrogens (primary N) is 1. The quantitative estimate of drug-likeness (QED) is 0.792. The van der Waals surface area contributed by atoms with Crippen molar-refractivity contribution >= 4 is 28.7 Å². The van der Waals surface area contributed by atoms with E-state index in [-0.39, 0.29) is 5.91 Å². The van der Waals surface area contributed by atoms with Gasteiger partial charge >= 0.3 is 0 Å². The maximum absolute atomic E-state index is 10.8. The van der Waals surface area contributed by atoms with E-state index in [9.17, 15) is 4.79 Å². The minimum absolute atomic E-state index is 0.243. The second-order valence-electron chi connectivity index (χ2n) is 4.45. The van der Waals surface area contributed by atoms with Crippen molar-refractivity contribution in [2.75, 3.05) is 5.75 Å². The van der Waals surface area contributed by atoms with Gasteiger partial charge in [-0.2, -0.15) is 0 Å². The molecule has 2 aromatic rings. The summed E-state index contributed by atoms with van der Waals surface area (Å²) in [5.41, 5.74) is 7.34. The number of carbonyl (C=O) groups is 1. The van der Waals surface area contributed by atoms with Crippen molar-refractivity contribution in [1.29, 1.82) is 0 Å². The molecule has 1 aromatic heterocycles. The molecule has 1 aromatic carbocycles. The maximum atomic E-state index is 10.8. The Morgan fingerprint density at radius 1 is 1.42 bits per heavy atom. The highest BCUT2D eigenvalue weighted by molar-refractivity contribution is 7.99. The first-order valence-corrected chi connectivity index (χ1v) is 7.57. The fourth-order valence-electron chi connectivity index (χ4n) is 1.98. The van der Waals surface area contributed by atoms with Crippen LogP contribution in [-0.2, 0) is 11.3 Å². The zero-order valence-electron chi connectivity index (χ0n) is 11.1. The molecule has 102 valence electrons. The third kappa shape index (κ3) is 3.50. The number of hydrogen-bond donors (Lipinski definition) is 1. The van der Waals surface area contributed by atoms with Crippen molar-refractivity contribution in [2.45, 2.75) is 37.9 Å². The number of thioether (sulfide) groups is 1. The van der Waals surface area contributed by atoms with E-state index in [1.54, 1.807) is 11.8 Å². The van der Waals surface area contributed by atoms with Gasteiger partial charge in [-0.05, 0) is 25.0 Å². The van der Waals surface area contributed by atoms with Crippen LogP contribution in [0.1, 0.15) is 26.2 Å². The minimum atomic E-state index is -0.243. The van der Waals surface area contributed by atoms with Gasteiger partial charge in [0.15, 0.2) is 5.16 Å². The molecule has 1 amide bonds. The summed E-state index contributed by atoms with van der Waals surface area (Å²) in [6.07, 6.45) is 2.30. The third-order valence-corrected chi connectivity index (χ3v) is 4.04. The summed E-state index contributed by atoms with van der Waals surface area (Å²) in [4.78, 5) is 15.5. The van der Waals surface area contributed by atoms with Crippen molar-refractivity contribution < 1.29 is 4.79 Å². The molecule has 2 rings (SSSR count). The molecule has 1 heterocycles. The highest BCUT2D eigenvalue weighted by Crippen LogP contribution is 2.24. The largest absolute Gasteiger partial charge is 0.370 e. The van der Waals surface area contributed by atoms with Crippen LogP contribution in [0.3, 0.4) is 0 Å². The Kier molecular flexibility index (Phi) is 4.85. The first kappa shape index (κ1) is 13.9. The standard InChI is InChI=1S/C14H19N3OS/c1-2-10-19-14-16-11-6-3-4-7-12(11)17(14)9-5-8-13(15)18/h3-4,6-7H,2,5,8-10H2,1H3,(H2,15,18). The Hall–Kier alpha value is -1.49. The van der Waals surface area contributed by atoms with Gasteiger partial charge in [0.25, 0.3) is 0 Å². The Morgan fingerprint density at radius 2 is 2.21 bits per heavy atom. The second kappa shape index (κ2) is 6.61. The highest BCUT2D eigenvalue weighted by atomic mass is 32.2. The molecule has 0 unspecified atom stereocenters. The van der Waals surface area contributed by atoms with Crippen molar-refractivity contribution in [2.24, 2.45) is 5.73 Å². The molecule has 0 fully saturated rings. The summed E-state index contributed by atoms with van der Waals surface area (Å²) in [5, 5.41) is 1.03. The fourth-order valence-corrected chi connectivity index (χ4v) is 2.88. The third-order valence-electron chi connectivity index (χ3n) is 2.86. The summed E-state index contributed by atoms with van der Waals surface area (Å²) in [7, 11) is 0. The second-order valence-corrected chi connectivity index (χ2v) is 5.52. The van der Waals surface area contributed by atoms with E-state index in [1.807, 2.05) is 18.2 Å². The SMILES string of the molecule is CCCSc1nc2ccccc2n1CCCC(N)=O. The lowest BCUT2D eigenvalue weighted by Crippen LogP contribution is -2.11. The number of hydrogen-bond acceptors (Lipinski definition) is 3. The summed E-state index contributed by atoms with van der Waals surface area (Å²) in [5.74, 6) is 0.811. The topological polar surface area (TPSA) is 60.9 Å². The molecular formula is C14H19N3OS. The molecule has 0 saturated carbocycles. The van der Waals surface area contributed by atoms with E-state index in [4.69, 9.17) is 5.73 Å². The van der Waals surface area contributed by atoms with Gasteiger partial charge in [0.05, 0.1) is 11.0 Å². The van der Waals surface area contributed by atoms with Crippen LogP contribution in [0, 0.1) is 0 Å². The number of nitrogens with zero attached hydrogens (tertiary/aromatic N) is 2. The number of primary amides is 1. The van der Waals surface area contributed by atoms with Gasteiger partial charge < -0.3 is 10.3 Å². The van der Waals surface area contributed by atoms with Gasteiger partial charge in [-0.1, -0.05) is 30.8 Å². The van der Waals surface area contributed by atoms with Crippen molar-refractivity contribution in [3.05, 3.63) is 24.3 Å². The van der Waals surface area contributed by atoms with Crippen LogP contribution in [0.4, 0.5) is 0 Å². The number of para-hydroxylation sites is 2. The van der Waals surface area contributed by atoms with Crippen molar-refractivity contribution in [3.8, 4) is 0 Å². The van der Waals surface area contributed by atoms with Crippen LogP contribution in [0.5, 0.6) is 0 Å². The van der Waals surface area contributed by atoms with E-state index >= 15 is 0 Å². The normalized spacial score (nSPS) is 11.0. The van der Waals surface area contributed by atoms with Gasteiger partial charge in [-0.25, -0.2) is 4.98 Å². The molecule has 4 nitrogen and oxygen atoms in total. The molecule has 0 saturated heterocycles. The molecule has 5 heteroatoms. The monoisotopic (exact) mass is 277 g/mol. The fraction of sp³-hybridized carbons (Fsp3) is 0.429. The van der Waals surface area contributed by atoms with E-state index in [0.717, 1.165) is 41.3 Å². The lowest BCUT2D eigenvalue weighted by atomic mass is 10.3. The Labute approximate surface area is 117 Å². The van der Waals surface area contributed by atoms with Crippen molar-refractivity contribution in [3.63, 3.8) is 0 Å². The average molecular weight is 277 g/mol. The lowest BCUT2D eigenvalue weighted by molar-refractivity contribution is -0.118. The maximum Gasteiger partial charge on any atom is 0.217 e. The Bertz CT molecular complexity index is 565. The molecule has 0 radical (unpaired) electrons. The van der Waals surface area contributed by atoms with Gasteiger partial charge in [-0.3, -0.25) is 4.79 Å². The van der Waals surface area contributed by atoms with Gasteiger partial charge in [0, 0.05) is 18.7 Å². The van der Waals surface area contributed by atoms with Gasteiger partial charge in [-0.15, -0.1) is 0 Å². The predicted molar refractivity (Wildman–Crippen MR) is 79.2 cm³/mol. The summed E-state index contributed by atoms with van der Waals surface area (Å²) >= 11 is 1.77. The molecule has 0 aliphatic heterocycles. The van der Waals surface area contributed by atoms with Crippen LogP contribution < -0.4 is 5.73 Å². The van der Waals surface area contributed by atoms with Crippen LogP contribution >= 0.6 is 11.8 Å². The molecule has 0 aliphatic rings. The van der Waals surface area contributed by atoms with Crippen LogP contribution in [0.15, 0.2) is 29.4 Å². The van der Waals surface area contributed by atoms with Crippen molar-refractivity contribution in [1.82, 2.24) is 9.55 Å². The molecule has 0 bridgehead atoms. The summed E-state index contributed by atoms with van der Waals surface area (Å²) in [6.45, 7) is 2.95. The van der Waals surface area contributed by atoms with Crippen LogP contribution in [0.2, 0.25) is 0 Å². The number of carbonyl (C=O) groups excluding carboxylic acids is 1. The number of imidazole rings is 1. The number of amides is 1. The van der Waals surface area contributed by atoms with E-state index in [2.05, 4.69) is 22.5 Å². The minimum Gasteiger partial charge on any atom is -0.370 e. The smallest absolute Gasteiger partial charge is 0.217 e. The molecule has 0 aliphatic carbocycles.